The number of hydrogen-bond donors (Lipinski definition) is 1. The zero-order chi connectivity index (χ0) is 27.1. The van der Waals surface area contributed by atoms with Crippen LogP contribution >= 0.6 is 11.8 Å². The maximum atomic E-state index is 15.3. The van der Waals surface area contributed by atoms with E-state index in [1.54, 1.807) is 25.6 Å². The zero-order valence-corrected chi connectivity index (χ0v) is 21.1. The van der Waals surface area contributed by atoms with Gasteiger partial charge in [0.25, 0.3) is 5.91 Å². The summed E-state index contributed by atoms with van der Waals surface area (Å²) in [4.78, 5) is 30.4. The highest BCUT2D eigenvalue weighted by Crippen LogP contribution is 2.30. The van der Waals surface area contributed by atoms with Crippen molar-refractivity contribution in [3.05, 3.63) is 52.3 Å². The molecule has 1 saturated heterocycles. The van der Waals surface area contributed by atoms with Gasteiger partial charge >= 0.3 is 18.2 Å². The molecular weight excluding hydrogens is 519 g/mol. The molecule has 1 aromatic carbocycles. The number of amides is 1. The summed E-state index contributed by atoms with van der Waals surface area (Å²) in [7, 11) is 0. The van der Waals surface area contributed by atoms with E-state index in [0.717, 1.165) is 53.3 Å². The maximum absolute atomic E-state index is 15.3. The molecule has 2 aromatic heterocycles. The fourth-order valence-corrected chi connectivity index (χ4v) is 5.60. The SMILES string of the molecule is CC(C)n1c(=O)n(-c2cc(OC(F)(F)C(F)F)ccn2)c2cc(F)c(C(=O)NC3(C)CCSCC3)cc21. The molecule has 0 radical (unpaired) electrons. The molecule has 1 N–H and O–H groups in total. The number of benzene rings is 1. The van der Waals surface area contributed by atoms with Gasteiger partial charge in [0, 0.05) is 29.9 Å². The molecule has 0 spiro atoms. The summed E-state index contributed by atoms with van der Waals surface area (Å²) in [5, 5.41) is 2.91. The van der Waals surface area contributed by atoms with Crippen LogP contribution in [0, 0.1) is 5.82 Å². The summed E-state index contributed by atoms with van der Waals surface area (Å²) >= 11 is 1.78. The molecule has 37 heavy (non-hydrogen) atoms. The van der Waals surface area contributed by atoms with Crippen molar-refractivity contribution in [3.8, 4) is 11.6 Å². The number of nitrogens with zero attached hydrogens (tertiary/aromatic N) is 3. The van der Waals surface area contributed by atoms with Crippen LogP contribution in [-0.2, 0) is 0 Å². The number of alkyl halides is 4. The Morgan fingerprint density at radius 1 is 1.19 bits per heavy atom. The Kier molecular flexibility index (Phi) is 7.28. The van der Waals surface area contributed by atoms with Gasteiger partial charge in [-0.1, -0.05) is 0 Å². The quantitative estimate of drug-likeness (QED) is 0.416. The van der Waals surface area contributed by atoms with Gasteiger partial charge in [0.05, 0.1) is 16.6 Å². The molecule has 0 atom stereocenters. The number of imidazole rings is 1. The lowest BCUT2D eigenvalue weighted by atomic mass is 9.94. The van der Waals surface area contributed by atoms with Crippen LogP contribution in [0.3, 0.4) is 0 Å². The molecule has 1 aliphatic heterocycles. The second-order valence-electron chi connectivity index (χ2n) is 9.34. The van der Waals surface area contributed by atoms with Gasteiger partial charge in [-0.15, -0.1) is 0 Å². The first-order chi connectivity index (χ1) is 17.3. The summed E-state index contributed by atoms with van der Waals surface area (Å²) < 4.78 is 73.6. The van der Waals surface area contributed by atoms with Crippen LogP contribution in [0.25, 0.3) is 16.9 Å². The summed E-state index contributed by atoms with van der Waals surface area (Å²) in [6, 6.07) is 3.63. The number of carbonyl (C=O) groups is 1. The molecule has 1 aliphatic rings. The second kappa shape index (κ2) is 9.99. The topological polar surface area (TPSA) is 78.2 Å². The Morgan fingerprint density at radius 2 is 1.86 bits per heavy atom. The standard InChI is InChI=1S/C24H25F5N4O3S/c1-13(2)32-17-11-15(20(34)31-23(3)5-8-37-9-6-23)16(25)12-18(17)33(22(32)35)19-10-14(4-7-30-19)36-24(28,29)21(26)27/h4,7,10-13,21H,5-6,8-9H2,1-3H3,(H,31,34). The largest absolute Gasteiger partial charge is 0.461 e. The third kappa shape index (κ3) is 5.32. The Balaban J connectivity index is 1.81. The van der Waals surface area contributed by atoms with Gasteiger partial charge in [-0.25, -0.2) is 18.7 Å². The van der Waals surface area contributed by atoms with Crippen LogP contribution in [0.15, 0.2) is 35.3 Å². The van der Waals surface area contributed by atoms with E-state index >= 15 is 4.39 Å². The first-order valence-electron chi connectivity index (χ1n) is 11.5. The number of fused-ring (bicyclic) bond motifs is 1. The van der Waals surface area contributed by atoms with Crippen LogP contribution in [0.1, 0.15) is 50.0 Å². The number of aromatic nitrogens is 3. The molecule has 1 fully saturated rings. The molecule has 0 bridgehead atoms. The minimum Gasteiger partial charge on any atom is -0.428 e. The van der Waals surface area contributed by atoms with Gasteiger partial charge in [0.15, 0.2) is 0 Å². The van der Waals surface area contributed by atoms with Crippen molar-refractivity contribution in [3.63, 3.8) is 0 Å². The Hall–Kier alpha value is -3.09. The molecule has 7 nitrogen and oxygen atoms in total. The number of carbonyl (C=O) groups excluding carboxylic acids is 1. The normalized spacial score (nSPS) is 15.9. The lowest BCUT2D eigenvalue weighted by Crippen LogP contribution is -2.48. The summed E-state index contributed by atoms with van der Waals surface area (Å²) in [6.07, 6.45) is -6.39. The minimum atomic E-state index is -4.77. The highest BCUT2D eigenvalue weighted by atomic mass is 32.2. The predicted molar refractivity (Wildman–Crippen MR) is 130 cm³/mol. The van der Waals surface area contributed by atoms with Crippen LogP contribution in [0.4, 0.5) is 22.0 Å². The van der Waals surface area contributed by atoms with E-state index in [1.165, 1.54) is 10.6 Å². The van der Waals surface area contributed by atoms with Gasteiger partial charge in [-0.2, -0.15) is 29.3 Å². The number of halogens is 5. The van der Waals surface area contributed by atoms with E-state index in [2.05, 4.69) is 15.0 Å². The third-order valence-corrected chi connectivity index (χ3v) is 7.17. The molecule has 3 aromatic rings. The average molecular weight is 545 g/mol. The van der Waals surface area contributed by atoms with E-state index < -0.39 is 47.3 Å². The lowest BCUT2D eigenvalue weighted by Gasteiger charge is -2.34. The highest BCUT2D eigenvalue weighted by Gasteiger charge is 2.44. The fraction of sp³-hybridized carbons (Fsp3) is 0.458. The molecule has 0 unspecified atom stereocenters. The summed E-state index contributed by atoms with van der Waals surface area (Å²) in [5.41, 5.74) is -1.21. The van der Waals surface area contributed by atoms with Crippen molar-refractivity contribution >= 4 is 28.7 Å². The number of ether oxygens (including phenoxy) is 1. The van der Waals surface area contributed by atoms with Gasteiger partial charge in [-0.05, 0) is 57.3 Å². The Bertz CT molecular complexity index is 1380. The lowest BCUT2D eigenvalue weighted by molar-refractivity contribution is -0.253. The van der Waals surface area contributed by atoms with Crippen LogP contribution in [0.5, 0.6) is 5.75 Å². The van der Waals surface area contributed by atoms with Crippen LogP contribution in [-0.4, -0.2) is 49.6 Å². The molecule has 4 rings (SSSR count). The van der Waals surface area contributed by atoms with Crippen molar-refractivity contribution in [2.24, 2.45) is 0 Å². The van der Waals surface area contributed by atoms with Gasteiger partial charge in [0.2, 0.25) is 0 Å². The van der Waals surface area contributed by atoms with Gasteiger partial charge in [0.1, 0.15) is 17.4 Å². The van der Waals surface area contributed by atoms with Crippen molar-refractivity contribution in [2.45, 2.75) is 57.7 Å². The van der Waals surface area contributed by atoms with Gasteiger partial charge in [-0.3, -0.25) is 9.36 Å². The molecule has 13 heteroatoms. The number of pyridine rings is 1. The number of rotatable bonds is 7. The Morgan fingerprint density at radius 3 is 2.49 bits per heavy atom. The summed E-state index contributed by atoms with van der Waals surface area (Å²) in [6.45, 7) is 5.30. The number of thioether (sulfide) groups is 1. The van der Waals surface area contributed by atoms with Gasteiger partial charge < -0.3 is 10.1 Å². The van der Waals surface area contributed by atoms with Crippen LogP contribution in [0.2, 0.25) is 0 Å². The Labute approximate surface area is 213 Å². The number of hydrogen-bond acceptors (Lipinski definition) is 5. The first-order valence-corrected chi connectivity index (χ1v) is 12.7. The smallest absolute Gasteiger partial charge is 0.428 e. The predicted octanol–water partition coefficient (Wildman–Crippen LogP) is 5.16. The molecule has 0 saturated carbocycles. The molecule has 0 aliphatic carbocycles. The molecule has 1 amide bonds. The van der Waals surface area contributed by atoms with E-state index in [4.69, 9.17) is 0 Å². The monoisotopic (exact) mass is 544 g/mol. The third-order valence-electron chi connectivity index (χ3n) is 6.19. The summed E-state index contributed by atoms with van der Waals surface area (Å²) in [5.74, 6) is -0.693. The molecule has 200 valence electrons. The first kappa shape index (κ1) is 27.0. The average Bonchev–Trinajstić information content (AvgIpc) is 3.09. The van der Waals surface area contributed by atoms with Crippen LogP contribution < -0.4 is 15.7 Å². The fourth-order valence-electron chi connectivity index (χ4n) is 4.21. The van der Waals surface area contributed by atoms with E-state index in [1.807, 2.05) is 6.92 Å². The van der Waals surface area contributed by atoms with Crippen molar-refractivity contribution in [2.75, 3.05) is 11.5 Å². The highest BCUT2D eigenvalue weighted by molar-refractivity contribution is 7.99. The minimum absolute atomic E-state index is 0.0123. The van der Waals surface area contributed by atoms with Crippen molar-refractivity contribution < 1.29 is 31.5 Å². The zero-order valence-electron chi connectivity index (χ0n) is 20.2. The number of nitrogens with one attached hydrogen (secondary N) is 1. The molecular formula is C24H25F5N4O3S. The van der Waals surface area contributed by atoms with E-state index in [9.17, 15) is 27.2 Å². The second-order valence-corrected chi connectivity index (χ2v) is 10.6. The van der Waals surface area contributed by atoms with E-state index in [0.29, 0.717) is 0 Å². The van der Waals surface area contributed by atoms with Crippen molar-refractivity contribution in [1.82, 2.24) is 19.4 Å². The molecule has 3 heterocycles. The maximum Gasteiger partial charge on any atom is 0.461 e. The van der Waals surface area contributed by atoms with E-state index in [-0.39, 0.29) is 22.4 Å². The van der Waals surface area contributed by atoms with Crippen molar-refractivity contribution in [1.29, 1.82) is 0 Å².